The third kappa shape index (κ3) is 2.19. The molecule has 13 heavy (non-hydrogen) atoms. The van der Waals surface area contributed by atoms with Crippen molar-refractivity contribution < 1.29 is 9.90 Å². The van der Waals surface area contributed by atoms with Gasteiger partial charge in [0.05, 0.1) is 6.10 Å². The minimum atomic E-state index is -0.398. The van der Waals surface area contributed by atoms with E-state index in [0.29, 0.717) is 13.1 Å². The molecule has 2 rings (SSSR count). The summed E-state index contributed by atoms with van der Waals surface area (Å²) in [6.07, 6.45) is 1.68. The molecule has 0 aromatic rings. The first kappa shape index (κ1) is 8.97. The molecule has 4 nitrogen and oxygen atoms in total. The van der Waals surface area contributed by atoms with Crippen LogP contribution in [0.2, 0.25) is 0 Å². The number of carbonyl (C=O) groups excluding carboxylic acids is 1. The molecule has 0 radical (unpaired) electrons. The second-order valence-corrected chi connectivity index (χ2v) is 3.92. The van der Waals surface area contributed by atoms with Crippen molar-refractivity contribution in [3.05, 3.63) is 0 Å². The SMILES string of the molecule is O=C(C1CC1)N1CCNCC(O)C1. The van der Waals surface area contributed by atoms with E-state index in [1.165, 1.54) is 0 Å². The fourth-order valence-electron chi connectivity index (χ4n) is 1.68. The van der Waals surface area contributed by atoms with Crippen LogP contribution in [0.4, 0.5) is 0 Å². The van der Waals surface area contributed by atoms with Crippen molar-refractivity contribution in [3.8, 4) is 0 Å². The molecule has 1 aliphatic heterocycles. The molecule has 0 aromatic heterocycles. The minimum absolute atomic E-state index is 0.239. The molecule has 1 unspecified atom stereocenters. The van der Waals surface area contributed by atoms with Gasteiger partial charge in [-0.05, 0) is 12.8 Å². The number of hydrogen-bond acceptors (Lipinski definition) is 3. The zero-order valence-electron chi connectivity index (χ0n) is 7.70. The lowest BCUT2D eigenvalue weighted by Crippen LogP contribution is -2.38. The Morgan fingerprint density at radius 3 is 2.92 bits per heavy atom. The number of carbonyl (C=O) groups is 1. The van der Waals surface area contributed by atoms with Gasteiger partial charge in [0.1, 0.15) is 0 Å². The smallest absolute Gasteiger partial charge is 0.225 e. The van der Waals surface area contributed by atoms with E-state index in [-0.39, 0.29) is 11.8 Å². The van der Waals surface area contributed by atoms with Crippen molar-refractivity contribution >= 4 is 5.91 Å². The second-order valence-electron chi connectivity index (χ2n) is 3.92. The first-order chi connectivity index (χ1) is 6.27. The molecule has 1 saturated carbocycles. The van der Waals surface area contributed by atoms with Gasteiger partial charge in [0.2, 0.25) is 5.91 Å². The van der Waals surface area contributed by atoms with Crippen LogP contribution >= 0.6 is 0 Å². The molecule has 2 aliphatic rings. The van der Waals surface area contributed by atoms with E-state index < -0.39 is 6.10 Å². The number of rotatable bonds is 1. The molecule has 1 amide bonds. The van der Waals surface area contributed by atoms with E-state index >= 15 is 0 Å². The van der Waals surface area contributed by atoms with Gasteiger partial charge in [-0.15, -0.1) is 0 Å². The van der Waals surface area contributed by atoms with Crippen LogP contribution in [-0.4, -0.2) is 48.2 Å². The lowest BCUT2D eigenvalue weighted by molar-refractivity contribution is -0.133. The van der Waals surface area contributed by atoms with Crippen molar-refractivity contribution in [3.63, 3.8) is 0 Å². The van der Waals surface area contributed by atoms with Gasteiger partial charge >= 0.3 is 0 Å². The molecule has 1 heterocycles. The molecule has 2 fully saturated rings. The fraction of sp³-hybridized carbons (Fsp3) is 0.889. The van der Waals surface area contributed by atoms with Crippen LogP contribution in [0.25, 0.3) is 0 Å². The minimum Gasteiger partial charge on any atom is -0.390 e. The molecule has 2 N–H and O–H groups in total. The standard InChI is InChI=1S/C9H16N2O2/c12-8-5-10-3-4-11(6-8)9(13)7-1-2-7/h7-8,10,12H,1-6H2. The van der Waals surface area contributed by atoms with Gasteiger partial charge in [0, 0.05) is 32.1 Å². The summed E-state index contributed by atoms with van der Waals surface area (Å²) in [5.74, 6) is 0.507. The number of hydrogen-bond donors (Lipinski definition) is 2. The molecule has 1 atom stereocenters. The lowest BCUT2D eigenvalue weighted by Gasteiger charge is -2.21. The molecule has 0 bridgehead atoms. The van der Waals surface area contributed by atoms with E-state index in [1.54, 1.807) is 4.90 Å². The van der Waals surface area contributed by atoms with E-state index in [0.717, 1.165) is 25.9 Å². The second kappa shape index (κ2) is 3.64. The van der Waals surface area contributed by atoms with Gasteiger partial charge in [-0.1, -0.05) is 0 Å². The zero-order chi connectivity index (χ0) is 9.26. The highest BCUT2D eigenvalue weighted by atomic mass is 16.3. The van der Waals surface area contributed by atoms with Crippen molar-refractivity contribution in [2.45, 2.75) is 18.9 Å². The Hall–Kier alpha value is -0.610. The molecule has 1 aliphatic carbocycles. The average Bonchev–Trinajstić information content (AvgIpc) is 2.88. The van der Waals surface area contributed by atoms with Gasteiger partial charge < -0.3 is 15.3 Å². The number of amides is 1. The fourth-order valence-corrected chi connectivity index (χ4v) is 1.68. The Balaban J connectivity index is 1.91. The Bertz CT molecular complexity index is 204. The van der Waals surface area contributed by atoms with Crippen LogP contribution in [0, 0.1) is 5.92 Å². The molecule has 0 aromatic carbocycles. The Labute approximate surface area is 77.9 Å². The van der Waals surface area contributed by atoms with E-state index in [1.807, 2.05) is 0 Å². The maximum Gasteiger partial charge on any atom is 0.225 e. The molecule has 1 saturated heterocycles. The Morgan fingerprint density at radius 2 is 2.23 bits per heavy atom. The summed E-state index contributed by atoms with van der Waals surface area (Å²) < 4.78 is 0. The molecule has 0 spiro atoms. The summed E-state index contributed by atoms with van der Waals surface area (Å²) >= 11 is 0. The molecule has 74 valence electrons. The van der Waals surface area contributed by atoms with Gasteiger partial charge in [0.15, 0.2) is 0 Å². The highest BCUT2D eigenvalue weighted by molar-refractivity contribution is 5.81. The maximum atomic E-state index is 11.6. The van der Waals surface area contributed by atoms with Gasteiger partial charge in [0.25, 0.3) is 0 Å². The molecule has 4 heteroatoms. The lowest BCUT2D eigenvalue weighted by atomic mass is 10.3. The predicted molar refractivity (Wildman–Crippen MR) is 48.2 cm³/mol. The summed E-state index contributed by atoms with van der Waals surface area (Å²) in [7, 11) is 0. The average molecular weight is 184 g/mol. The topological polar surface area (TPSA) is 52.6 Å². The van der Waals surface area contributed by atoms with Gasteiger partial charge in [-0.2, -0.15) is 0 Å². The summed E-state index contributed by atoms with van der Waals surface area (Å²) in [6.45, 7) is 2.65. The zero-order valence-corrected chi connectivity index (χ0v) is 7.70. The molecular weight excluding hydrogens is 168 g/mol. The first-order valence-electron chi connectivity index (χ1n) is 4.95. The Kier molecular flexibility index (Phi) is 2.51. The summed E-state index contributed by atoms with van der Waals surface area (Å²) in [5, 5.41) is 12.6. The normalized spacial score (nSPS) is 29.9. The van der Waals surface area contributed by atoms with Crippen LogP contribution in [0.3, 0.4) is 0 Å². The number of β-amino-alcohol motifs (C(OH)–C–C–N with tert-alkyl or cyclic N) is 1. The monoisotopic (exact) mass is 184 g/mol. The van der Waals surface area contributed by atoms with Crippen LogP contribution in [0.5, 0.6) is 0 Å². The largest absolute Gasteiger partial charge is 0.390 e. The summed E-state index contributed by atoms with van der Waals surface area (Å²) in [5.41, 5.74) is 0. The van der Waals surface area contributed by atoms with Gasteiger partial charge in [-0.3, -0.25) is 4.79 Å². The van der Waals surface area contributed by atoms with Crippen LogP contribution < -0.4 is 5.32 Å². The maximum absolute atomic E-state index is 11.6. The van der Waals surface area contributed by atoms with Crippen LogP contribution in [0.15, 0.2) is 0 Å². The first-order valence-corrected chi connectivity index (χ1v) is 4.95. The Morgan fingerprint density at radius 1 is 1.46 bits per heavy atom. The highest BCUT2D eigenvalue weighted by Crippen LogP contribution is 2.31. The molecular formula is C9H16N2O2. The highest BCUT2D eigenvalue weighted by Gasteiger charge is 2.34. The third-order valence-corrected chi connectivity index (χ3v) is 2.61. The van der Waals surface area contributed by atoms with Crippen molar-refractivity contribution in [2.24, 2.45) is 5.92 Å². The van der Waals surface area contributed by atoms with Crippen LogP contribution in [0.1, 0.15) is 12.8 Å². The number of aliphatic hydroxyl groups is 1. The summed E-state index contributed by atoms with van der Waals surface area (Å²) in [6, 6.07) is 0. The van der Waals surface area contributed by atoms with Crippen molar-refractivity contribution in [2.75, 3.05) is 26.2 Å². The van der Waals surface area contributed by atoms with E-state index in [9.17, 15) is 9.90 Å². The van der Waals surface area contributed by atoms with Gasteiger partial charge in [-0.25, -0.2) is 0 Å². The number of nitrogens with zero attached hydrogens (tertiary/aromatic N) is 1. The van der Waals surface area contributed by atoms with Crippen molar-refractivity contribution in [1.82, 2.24) is 10.2 Å². The van der Waals surface area contributed by atoms with Crippen LogP contribution in [-0.2, 0) is 4.79 Å². The number of nitrogens with one attached hydrogen (secondary N) is 1. The quantitative estimate of drug-likeness (QED) is 0.560. The third-order valence-electron chi connectivity index (χ3n) is 2.61. The predicted octanol–water partition coefficient (Wildman–Crippen LogP) is -0.811. The number of aliphatic hydroxyl groups excluding tert-OH is 1. The van der Waals surface area contributed by atoms with Crippen molar-refractivity contribution in [1.29, 1.82) is 0 Å². The summed E-state index contributed by atoms with van der Waals surface area (Å²) in [4.78, 5) is 13.4. The van der Waals surface area contributed by atoms with E-state index in [2.05, 4.69) is 5.32 Å². The van der Waals surface area contributed by atoms with E-state index in [4.69, 9.17) is 0 Å².